The van der Waals surface area contributed by atoms with Gasteiger partial charge >= 0.3 is 12.1 Å². The number of anilines is 1. The number of carboxylic acid groups (broad SMARTS) is 1. The Kier molecular flexibility index (Phi) is 4.88. The molecule has 0 unspecified atom stereocenters. The maximum Gasteiger partial charge on any atom is 0.434 e. The monoisotopic (exact) mass is 347 g/mol. The minimum absolute atomic E-state index is 0.137. The van der Waals surface area contributed by atoms with Crippen molar-refractivity contribution in [2.45, 2.75) is 6.18 Å². The van der Waals surface area contributed by atoms with E-state index in [1.807, 2.05) is 0 Å². The second kappa shape index (κ2) is 6.56. The van der Waals surface area contributed by atoms with Crippen molar-refractivity contribution in [1.29, 1.82) is 0 Å². The Morgan fingerprint density at radius 1 is 1.33 bits per heavy atom. The average molecular weight is 347 g/mol. The van der Waals surface area contributed by atoms with E-state index in [4.69, 9.17) is 9.84 Å². The molecular formula is C14H13F4N3O3. The zero-order valence-electron chi connectivity index (χ0n) is 12.7. The number of aromatic carboxylic acids is 1. The Morgan fingerprint density at radius 2 is 2.00 bits per heavy atom. The molecule has 2 heterocycles. The summed E-state index contributed by atoms with van der Waals surface area (Å²) >= 11 is 0. The van der Waals surface area contributed by atoms with Crippen LogP contribution in [0.2, 0.25) is 0 Å². The topological polar surface area (TPSA) is 75.5 Å². The Labute approximate surface area is 133 Å². The molecule has 0 aliphatic rings. The minimum atomic E-state index is -4.97. The van der Waals surface area contributed by atoms with E-state index in [1.54, 1.807) is 0 Å². The molecule has 2 rings (SSSR count). The smallest absolute Gasteiger partial charge is 0.434 e. The van der Waals surface area contributed by atoms with Gasteiger partial charge in [0.25, 0.3) is 0 Å². The summed E-state index contributed by atoms with van der Waals surface area (Å²) in [7, 11) is 2.94. The Hall–Kier alpha value is -2.49. The number of ether oxygens (including phenoxy) is 1. The van der Waals surface area contributed by atoms with Crippen LogP contribution in [0.25, 0.3) is 11.0 Å². The first-order chi connectivity index (χ1) is 11.1. The second-order valence-electron chi connectivity index (χ2n) is 4.94. The number of nitrogens with zero attached hydrogens (tertiary/aromatic N) is 3. The molecule has 0 saturated carbocycles. The van der Waals surface area contributed by atoms with Gasteiger partial charge in [0.15, 0.2) is 23.0 Å². The highest BCUT2D eigenvalue weighted by atomic mass is 19.4. The molecule has 0 amide bonds. The van der Waals surface area contributed by atoms with Gasteiger partial charge in [-0.3, -0.25) is 0 Å². The third-order valence-electron chi connectivity index (χ3n) is 3.23. The van der Waals surface area contributed by atoms with E-state index in [9.17, 15) is 22.4 Å². The summed E-state index contributed by atoms with van der Waals surface area (Å²) in [5.74, 6) is -2.82. The number of hydrogen-bond acceptors (Lipinski definition) is 5. The predicted molar refractivity (Wildman–Crippen MR) is 76.6 cm³/mol. The molecule has 10 heteroatoms. The Bertz CT molecular complexity index is 780. The van der Waals surface area contributed by atoms with Gasteiger partial charge in [0.2, 0.25) is 0 Å². The highest BCUT2D eigenvalue weighted by molar-refractivity contribution is 5.93. The van der Waals surface area contributed by atoms with Gasteiger partial charge in [0, 0.05) is 26.1 Å². The van der Waals surface area contributed by atoms with Crippen molar-refractivity contribution in [1.82, 2.24) is 9.97 Å². The average Bonchev–Trinajstić information content (AvgIpc) is 2.49. The Balaban J connectivity index is 2.63. The van der Waals surface area contributed by atoms with Crippen molar-refractivity contribution in [3.63, 3.8) is 0 Å². The largest absolute Gasteiger partial charge is 0.478 e. The number of hydrogen-bond donors (Lipinski definition) is 1. The van der Waals surface area contributed by atoms with E-state index >= 15 is 0 Å². The molecule has 0 aromatic carbocycles. The van der Waals surface area contributed by atoms with E-state index in [1.165, 1.54) is 19.1 Å². The van der Waals surface area contributed by atoms with Crippen molar-refractivity contribution in [3.05, 3.63) is 29.2 Å². The third kappa shape index (κ3) is 3.53. The normalized spacial score (nSPS) is 11.8. The van der Waals surface area contributed by atoms with Crippen molar-refractivity contribution in [2.75, 3.05) is 32.2 Å². The fourth-order valence-electron chi connectivity index (χ4n) is 2.05. The van der Waals surface area contributed by atoms with Crippen molar-refractivity contribution in [3.8, 4) is 0 Å². The first kappa shape index (κ1) is 17.9. The van der Waals surface area contributed by atoms with Crippen molar-refractivity contribution < 1.29 is 32.2 Å². The van der Waals surface area contributed by atoms with Gasteiger partial charge in [0.1, 0.15) is 0 Å². The fraction of sp³-hybridized carbons (Fsp3) is 0.357. The van der Waals surface area contributed by atoms with Gasteiger partial charge in [0.05, 0.1) is 12.2 Å². The highest BCUT2D eigenvalue weighted by Crippen LogP contribution is 2.33. The lowest BCUT2D eigenvalue weighted by molar-refractivity contribution is -0.141. The summed E-state index contributed by atoms with van der Waals surface area (Å²) in [4.78, 5) is 19.5. The zero-order valence-corrected chi connectivity index (χ0v) is 12.7. The Morgan fingerprint density at radius 3 is 2.54 bits per heavy atom. The third-order valence-corrected chi connectivity index (χ3v) is 3.23. The number of rotatable bonds is 5. The first-order valence-corrected chi connectivity index (χ1v) is 6.67. The van der Waals surface area contributed by atoms with E-state index in [0.29, 0.717) is 6.07 Å². The zero-order chi connectivity index (χ0) is 18.1. The summed E-state index contributed by atoms with van der Waals surface area (Å²) in [5, 5.41) is 8.78. The summed E-state index contributed by atoms with van der Waals surface area (Å²) in [6.45, 7) is 0.514. The molecule has 2 aromatic heterocycles. The van der Waals surface area contributed by atoms with Gasteiger partial charge in [-0.1, -0.05) is 0 Å². The molecular weight excluding hydrogens is 334 g/mol. The molecule has 0 fully saturated rings. The standard InChI is InChI=1S/C14H13F4N3O3/c1-21(3-4-24-2)12-9(15)6-7-5-8(13(22)23)10(14(16,17)18)19-11(7)20-12/h5-6H,3-4H2,1-2H3,(H,22,23). The van der Waals surface area contributed by atoms with E-state index in [0.717, 1.165) is 6.07 Å². The summed E-state index contributed by atoms with van der Waals surface area (Å²) in [6.07, 6.45) is -4.97. The van der Waals surface area contributed by atoms with Crippen LogP contribution in [-0.4, -0.2) is 48.4 Å². The van der Waals surface area contributed by atoms with Crippen LogP contribution in [0.3, 0.4) is 0 Å². The van der Waals surface area contributed by atoms with Crippen LogP contribution >= 0.6 is 0 Å². The predicted octanol–water partition coefficient (Wildman–Crippen LogP) is 2.57. The van der Waals surface area contributed by atoms with E-state index in [2.05, 4.69) is 9.97 Å². The number of fused-ring (bicyclic) bond motifs is 1. The molecule has 0 radical (unpaired) electrons. The van der Waals surface area contributed by atoms with E-state index in [-0.39, 0.29) is 24.4 Å². The van der Waals surface area contributed by atoms with Gasteiger partial charge in [-0.15, -0.1) is 0 Å². The van der Waals surface area contributed by atoms with E-state index < -0.39 is 34.9 Å². The molecule has 0 spiro atoms. The second-order valence-corrected chi connectivity index (χ2v) is 4.94. The molecule has 130 valence electrons. The quantitative estimate of drug-likeness (QED) is 0.838. The van der Waals surface area contributed by atoms with Crippen LogP contribution in [-0.2, 0) is 10.9 Å². The van der Waals surface area contributed by atoms with Crippen LogP contribution in [0, 0.1) is 5.82 Å². The lowest BCUT2D eigenvalue weighted by atomic mass is 10.1. The number of carboxylic acids is 1. The number of pyridine rings is 2. The molecule has 1 N–H and O–H groups in total. The molecule has 2 aromatic rings. The first-order valence-electron chi connectivity index (χ1n) is 6.67. The maximum atomic E-state index is 14.1. The highest BCUT2D eigenvalue weighted by Gasteiger charge is 2.38. The number of methoxy groups -OCH3 is 1. The lowest BCUT2D eigenvalue weighted by Gasteiger charge is -2.19. The van der Waals surface area contributed by atoms with Gasteiger partial charge in [-0.05, 0) is 12.1 Å². The summed E-state index contributed by atoms with van der Waals surface area (Å²) in [5.41, 5.74) is -3.03. The number of alkyl halides is 3. The van der Waals surface area contributed by atoms with Gasteiger partial charge < -0.3 is 14.7 Å². The molecule has 0 aliphatic heterocycles. The molecule has 0 saturated heterocycles. The number of likely N-dealkylation sites (N-methyl/N-ethyl adjacent to an activating group) is 1. The van der Waals surface area contributed by atoms with Gasteiger partial charge in [-0.2, -0.15) is 13.2 Å². The number of halogens is 4. The maximum absolute atomic E-state index is 14.1. The van der Waals surface area contributed by atoms with Crippen molar-refractivity contribution in [2.24, 2.45) is 0 Å². The van der Waals surface area contributed by atoms with Crippen LogP contribution in [0.4, 0.5) is 23.4 Å². The number of carbonyl (C=O) groups is 1. The molecule has 6 nitrogen and oxygen atoms in total. The van der Waals surface area contributed by atoms with Gasteiger partial charge in [-0.25, -0.2) is 19.2 Å². The molecule has 24 heavy (non-hydrogen) atoms. The fourth-order valence-corrected chi connectivity index (χ4v) is 2.05. The minimum Gasteiger partial charge on any atom is -0.478 e. The number of aromatic nitrogens is 2. The molecule has 0 bridgehead atoms. The molecule has 0 aliphatic carbocycles. The van der Waals surface area contributed by atoms with Crippen LogP contribution in [0.1, 0.15) is 16.1 Å². The molecule has 0 atom stereocenters. The van der Waals surface area contributed by atoms with Crippen LogP contribution < -0.4 is 4.90 Å². The summed E-state index contributed by atoms with van der Waals surface area (Å²) in [6, 6.07) is 1.61. The SMILES string of the molecule is COCCN(C)c1nc2nc(C(F)(F)F)c(C(=O)O)cc2cc1F. The van der Waals surface area contributed by atoms with Crippen molar-refractivity contribution >= 4 is 22.8 Å². The van der Waals surface area contributed by atoms with Crippen LogP contribution in [0.5, 0.6) is 0 Å². The lowest BCUT2D eigenvalue weighted by Crippen LogP contribution is -2.24. The summed E-state index contributed by atoms with van der Waals surface area (Å²) < 4.78 is 57.9. The van der Waals surface area contributed by atoms with Crippen LogP contribution in [0.15, 0.2) is 12.1 Å².